The van der Waals surface area contributed by atoms with Gasteiger partial charge in [0.2, 0.25) is 5.91 Å². The monoisotopic (exact) mass is 235 g/mol. The van der Waals surface area contributed by atoms with Gasteiger partial charge in [-0.2, -0.15) is 0 Å². The molecule has 0 fully saturated rings. The average Bonchev–Trinajstić information content (AvgIpc) is 2.29. The van der Waals surface area contributed by atoms with Crippen molar-refractivity contribution in [2.75, 3.05) is 13.6 Å². The molecule has 1 N–H and O–H groups in total. The minimum Gasteiger partial charge on any atom is -0.340 e. The molecule has 0 spiro atoms. The Morgan fingerprint density at radius 2 is 2.00 bits per heavy atom. The van der Waals surface area contributed by atoms with E-state index in [4.69, 9.17) is 0 Å². The highest BCUT2D eigenvalue weighted by Crippen LogP contribution is 2.09. The number of aromatic nitrogens is 1. The van der Waals surface area contributed by atoms with E-state index in [-0.39, 0.29) is 5.91 Å². The molecule has 1 aromatic heterocycles. The van der Waals surface area contributed by atoms with Crippen molar-refractivity contribution in [3.8, 4) is 0 Å². The number of amides is 1. The van der Waals surface area contributed by atoms with Crippen LogP contribution in [0.5, 0.6) is 0 Å². The van der Waals surface area contributed by atoms with Crippen LogP contribution >= 0.6 is 0 Å². The minimum atomic E-state index is -0.517. The first-order valence-electron chi connectivity index (χ1n) is 5.87. The van der Waals surface area contributed by atoms with Crippen LogP contribution in [-0.4, -0.2) is 34.9 Å². The van der Waals surface area contributed by atoms with Crippen molar-refractivity contribution in [1.82, 2.24) is 15.2 Å². The number of carbonyl (C=O) groups is 1. The standard InChI is InChI=1S/C13H21N3O/c1-5-15-13(2,3)12(17)16(4)10-11-6-8-14-9-7-11/h6-9,15H,5,10H2,1-4H3. The number of likely N-dealkylation sites (N-methyl/N-ethyl adjacent to an activating group) is 2. The summed E-state index contributed by atoms with van der Waals surface area (Å²) >= 11 is 0. The summed E-state index contributed by atoms with van der Waals surface area (Å²) in [6, 6.07) is 3.84. The molecule has 0 aliphatic heterocycles. The van der Waals surface area contributed by atoms with Crippen LogP contribution in [0.2, 0.25) is 0 Å². The van der Waals surface area contributed by atoms with Crippen LogP contribution in [0.4, 0.5) is 0 Å². The van der Waals surface area contributed by atoms with Crippen LogP contribution in [0.1, 0.15) is 26.3 Å². The molecule has 4 nitrogen and oxygen atoms in total. The molecule has 1 amide bonds. The summed E-state index contributed by atoms with van der Waals surface area (Å²) in [5.41, 5.74) is 0.569. The fourth-order valence-electron chi connectivity index (χ4n) is 1.83. The molecule has 94 valence electrons. The molecule has 0 aliphatic carbocycles. The van der Waals surface area contributed by atoms with E-state index >= 15 is 0 Å². The molecule has 4 heteroatoms. The van der Waals surface area contributed by atoms with Gasteiger partial charge in [0.25, 0.3) is 0 Å². The van der Waals surface area contributed by atoms with Gasteiger partial charge in [0, 0.05) is 26.0 Å². The Hall–Kier alpha value is -1.42. The summed E-state index contributed by atoms with van der Waals surface area (Å²) in [5.74, 6) is 0.0937. The van der Waals surface area contributed by atoms with E-state index in [1.165, 1.54) is 0 Å². The van der Waals surface area contributed by atoms with Crippen molar-refractivity contribution < 1.29 is 4.79 Å². The first-order valence-corrected chi connectivity index (χ1v) is 5.87. The Labute approximate surface area is 103 Å². The summed E-state index contributed by atoms with van der Waals surface area (Å²) < 4.78 is 0. The number of rotatable bonds is 5. The molecule has 0 atom stereocenters. The highest BCUT2D eigenvalue weighted by Gasteiger charge is 2.29. The number of carbonyl (C=O) groups excluding carboxylic acids is 1. The van der Waals surface area contributed by atoms with E-state index in [0.717, 1.165) is 12.1 Å². The molecule has 0 aromatic carbocycles. The van der Waals surface area contributed by atoms with Crippen molar-refractivity contribution >= 4 is 5.91 Å². The summed E-state index contributed by atoms with van der Waals surface area (Å²) in [5, 5.41) is 3.18. The number of nitrogens with zero attached hydrogens (tertiary/aromatic N) is 2. The summed E-state index contributed by atoms with van der Waals surface area (Å²) in [6.07, 6.45) is 3.48. The molecular formula is C13H21N3O. The quantitative estimate of drug-likeness (QED) is 0.839. The number of nitrogens with one attached hydrogen (secondary N) is 1. The third-order valence-corrected chi connectivity index (χ3v) is 2.67. The van der Waals surface area contributed by atoms with Crippen molar-refractivity contribution in [3.05, 3.63) is 30.1 Å². The van der Waals surface area contributed by atoms with E-state index in [1.54, 1.807) is 17.3 Å². The lowest BCUT2D eigenvalue weighted by atomic mass is 10.0. The maximum atomic E-state index is 12.2. The highest BCUT2D eigenvalue weighted by atomic mass is 16.2. The van der Waals surface area contributed by atoms with Crippen LogP contribution in [0.25, 0.3) is 0 Å². The maximum Gasteiger partial charge on any atom is 0.242 e. The van der Waals surface area contributed by atoms with Gasteiger partial charge >= 0.3 is 0 Å². The Morgan fingerprint density at radius 3 is 2.53 bits per heavy atom. The van der Waals surface area contributed by atoms with Crippen molar-refractivity contribution in [1.29, 1.82) is 0 Å². The average molecular weight is 235 g/mol. The topological polar surface area (TPSA) is 45.2 Å². The first kappa shape index (κ1) is 13.6. The maximum absolute atomic E-state index is 12.2. The predicted octanol–water partition coefficient (Wildman–Crippen LogP) is 1.43. The Bertz CT molecular complexity index is 362. The van der Waals surface area contributed by atoms with Gasteiger partial charge in [-0.3, -0.25) is 9.78 Å². The second-order valence-corrected chi connectivity index (χ2v) is 4.67. The molecule has 1 aromatic rings. The normalized spacial score (nSPS) is 11.3. The lowest BCUT2D eigenvalue weighted by Crippen LogP contribution is -2.52. The zero-order valence-electron chi connectivity index (χ0n) is 11.0. The lowest BCUT2D eigenvalue weighted by Gasteiger charge is -2.30. The van der Waals surface area contributed by atoms with Gasteiger partial charge in [0.1, 0.15) is 0 Å². The zero-order valence-corrected chi connectivity index (χ0v) is 11.0. The zero-order chi connectivity index (χ0) is 12.9. The number of hydrogen-bond acceptors (Lipinski definition) is 3. The molecule has 1 heterocycles. The van der Waals surface area contributed by atoms with E-state index in [9.17, 15) is 4.79 Å². The molecule has 0 unspecified atom stereocenters. The fourth-order valence-corrected chi connectivity index (χ4v) is 1.83. The van der Waals surface area contributed by atoms with Gasteiger partial charge in [-0.05, 0) is 38.1 Å². The largest absolute Gasteiger partial charge is 0.340 e. The Balaban J connectivity index is 2.65. The van der Waals surface area contributed by atoms with Crippen LogP contribution in [0.15, 0.2) is 24.5 Å². The van der Waals surface area contributed by atoms with E-state index in [0.29, 0.717) is 6.54 Å². The second kappa shape index (κ2) is 5.77. The van der Waals surface area contributed by atoms with Gasteiger partial charge in [-0.1, -0.05) is 6.92 Å². The van der Waals surface area contributed by atoms with Gasteiger partial charge in [-0.15, -0.1) is 0 Å². The molecule has 0 saturated heterocycles. The van der Waals surface area contributed by atoms with Gasteiger partial charge in [0.05, 0.1) is 5.54 Å². The minimum absolute atomic E-state index is 0.0937. The lowest BCUT2D eigenvalue weighted by molar-refractivity contribution is -0.136. The van der Waals surface area contributed by atoms with Crippen LogP contribution in [0, 0.1) is 0 Å². The number of pyridine rings is 1. The van der Waals surface area contributed by atoms with E-state index in [2.05, 4.69) is 10.3 Å². The molecule has 0 bridgehead atoms. The Morgan fingerprint density at radius 1 is 1.41 bits per heavy atom. The van der Waals surface area contributed by atoms with Crippen LogP contribution < -0.4 is 5.32 Å². The third-order valence-electron chi connectivity index (χ3n) is 2.67. The SMILES string of the molecule is CCNC(C)(C)C(=O)N(C)Cc1ccncc1. The highest BCUT2D eigenvalue weighted by molar-refractivity contribution is 5.85. The Kier molecular flexibility index (Phi) is 4.63. The molecule has 1 rings (SSSR count). The summed E-state index contributed by atoms with van der Waals surface area (Å²) in [4.78, 5) is 17.9. The van der Waals surface area contributed by atoms with E-state index < -0.39 is 5.54 Å². The van der Waals surface area contributed by atoms with Gasteiger partial charge < -0.3 is 10.2 Å². The van der Waals surface area contributed by atoms with E-state index in [1.807, 2.05) is 40.0 Å². The summed E-state index contributed by atoms with van der Waals surface area (Å²) in [6.45, 7) is 7.19. The second-order valence-electron chi connectivity index (χ2n) is 4.67. The smallest absolute Gasteiger partial charge is 0.242 e. The first-order chi connectivity index (χ1) is 7.97. The van der Waals surface area contributed by atoms with Crippen LogP contribution in [0.3, 0.4) is 0 Å². The summed E-state index contributed by atoms with van der Waals surface area (Å²) in [7, 11) is 1.82. The molecule has 0 saturated carbocycles. The molecule has 0 radical (unpaired) electrons. The third kappa shape index (κ3) is 3.82. The molecule has 17 heavy (non-hydrogen) atoms. The van der Waals surface area contributed by atoms with Gasteiger partial charge in [0.15, 0.2) is 0 Å². The number of hydrogen-bond donors (Lipinski definition) is 1. The fraction of sp³-hybridized carbons (Fsp3) is 0.538. The molecule has 0 aliphatic rings. The van der Waals surface area contributed by atoms with Crippen molar-refractivity contribution in [2.24, 2.45) is 0 Å². The van der Waals surface area contributed by atoms with Crippen molar-refractivity contribution in [3.63, 3.8) is 0 Å². The predicted molar refractivity (Wildman–Crippen MR) is 68.5 cm³/mol. The van der Waals surface area contributed by atoms with Gasteiger partial charge in [-0.25, -0.2) is 0 Å². The molecular weight excluding hydrogens is 214 g/mol. The van der Waals surface area contributed by atoms with Crippen LogP contribution in [-0.2, 0) is 11.3 Å². The van der Waals surface area contributed by atoms with Crippen molar-refractivity contribution in [2.45, 2.75) is 32.9 Å².